The van der Waals surface area contributed by atoms with Gasteiger partial charge >= 0.3 is 0 Å². The Morgan fingerprint density at radius 3 is 3.08 bits per heavy atom. The molecule has 0 unspecified atom stereocenters. The number of hydrogen-bond acceptors (Lipinski definition) is 6. The zero-order chi connectivity index (χ0) is 8.97. The molecule has 0 fully saturated rings. The number of nitrogens with zero attached hydrogens (tertiary/aromatic N) is 2. The van der Waals surface area contributed by atoms with E-state index in [2.05, 4.69) is 15.0 Å². The van der Waals surface area contributed by atoms with Crippen molar-refractivity contribution in [1.82, 2.24) is 4.98 Å². The summed E-state index contributed by atoms with van der Waals surface area (Å²) in [6.45, 7) is 0. The summed E-state index contributed by atoms with van der Waals surface area (Å²) in [7, 11) is 1.31. The molecular weight excluding hydrogens is 180 g/mol. The van der Waals surface area contributed by atoms with Gasteiger partial charge in [-0.1, -0.05) is 16.5 Å². The van der Waals surface area contributed by atoms with Crippen LogP contribution >= 0.6 is 11.3 Å². The number of carbonyl (C=O) groups excluding carboxylic acids is 1. The highest BCUT2D eigenvalue weighted by atomic mass is 32.1. The highest BCUT2D eigenvalue weighted by Gasteiger charge is 2.08. The number of thiazole rings is 1. The van der Waals surface area contributed by atoms with E-state index >= 15 is 0 Å². The summed E-state index contributed by atoms with van der Waals surface area (Å²) in [6, 6.07) is 0. The zero-order valence-corrected chi connectivity index (χ0v) is 6.96. The molecule has 0 aliphatic heterocycles. The highest BCUT2D eigenvalue weighted by molar-refractivity contribution is 7.11. The van der Waals surface area contributed by atoms with Crippen LogP contribution in [-0.2, 0) is 9.63 Å². The number of hydrogen-bond donors (Lipinski definition) is 1. The lowest BCUT2D eigenvalue weighted by Crippen LogP contribution is -2.02. The van der Waals surface area contributed by atoms with Crippen molar-refractivity contribution in [1.29, 1.82) is 0 Å². The molecule has 0 atom stereocenters. The third-order valence-corrected chi connectivity index (χ3v) is 1.66. The van der Waals surface area contributed by atoms with Gasteiger partial charge in [-0.3, -0.25) is 4.79 Å². The van der Waals surface area contributed by atoms with Gasteiger partial charge in [0.25, 0.3) is 11.5 Å². The molecule has 0 aliphatic carbocycles. The van der Waals surface area contributed by atoms with Gasteiger partial charge < -0.3 is 9.94 Å². The Morgan fingerprint density at radius 2 is 2.67 bits per heavy atom. The molecule has 6 heteroatoms. The first-order valence-corrected chi connectivity index (χ1v) is 3.80. The maximum Gasteiger partial charge on any atom is 0.271 e. The Hall–Kier alpha value is -1.43. The van der Waals surface area contributed by atoms with Crippen LogP contribution in [0.15, 0.2) is 10.5 Å². The molecule has 0 amide bonds. The van der Waals surface area contributed by atoms with E-state index < -0.39 is 0 Å². The average Bonchev–Trinajstić information content (AvgIpc) is 2.47. The Kier molecular flexibility index (Phi) is 2.76. The van der Waals surface area contributed by atoms with Crippen molar-refractivity contribution in [2.24, 2.45) is 5.16 Å². The molecule has 1 heterocycles. The lowest BCUT2D eigenvalue weighted by atomic mass is 10.3. The largest absolute Gasteiger partial charge is 0.486 e. The topological polar surface area (TPSA) is 71.8 Å². The minimum atomic E-state index is -0.121. The van der Waals surface area contributed by atoms with Crippen molar-refractivity contribution >= 4 is 23.3 Å². The normalized spacial score (nSPS) is 11.2. The first kappa shape index (κ1) is 8.66. The highest BCUT2D eigenvalue weighted by Crippen LogP contribution is 2.15. The van der Waals surface area contributed by atoms with E-state index in [-0.39, 0.29) is 16.6 Å². The first-order chi connectivity index (χ1) is 5.77. The summed E-state index contributed by atoms with van der Waals surface area (Å²) in [4.78, 5) is 18.2. The molecule has 0 saturated carbocycles. The van der Waals surface area contributed by atoms with E-state index in [0.29, 0.717) is 0 Å². The van der Waals surface area contributed by atoms with E-state index in [1.165, 1.54) is 12.5 Å². The summed E-state index contributed by atoms with van der Waals surface area (Å²) >= 11 is 1.00. The smallest absolute Gasteiger partial charge is 0.271 e. The maximum atomic E-state index is 10.3. The van der Waals surface area contributed by atoms with Crippen LogP contribution in [0.25, 0.3) is 0 Å². The van der Waals surface area contributed by atoms with E-state index in [9.17, 15) is 4.79 Å². The third-order valence-electron chi connectivity index (χ3n) is 1.01. The number of aromatic nitrogens is 1. The van der Waals surface area contributed by atoms with Crippen LogP contribution < -0.4 is 0 Å². The fraction of sp³-hybridized carbons (Fsp3) is 0.167. The summed E-state index contributed by atoms with van der Waals surface area (Å²) in [5.41, 5.74) is 0.198. The minimum absolute atomic E-state index is 0.0611. The Labute approximate surface area is 72.3 Å². The predicted octanol–water partition coefficient (Wildman–Crippen LogP) is 0.309. The quantitative estimate of drug-likeness (QED) is 0.543. The lowest BCUT2D eigenvalue weighted by molar-refractivity contribution is 0.214. The molecule has 0 aliphatic rings. The van der Waals surface area contributed by atoms with Crippen molar-refractivity contribution in [3.05, 3.63) is 11.1 Å². The summed E-state index contributed by atoms with van der Waals surface area (Å²) < 4.78 is 0. The van der Waals surface area contributed by atoms with Crippen molar-refractivity contribution in [2.45, 2.75) is 0 Å². The summed E-state index contributed by atoms with van der Waals surface area (Å²) in [5.74, 6) is 0. The van der Waals surface area contributed by atoms with Gasteiger partial charge in [-0.25, -0.2) is 4.98 Å². The second kappa shape index (κ2) is 3.82. The number of oxime groups is 1. The first-order valence-electron chi connectivity index (χ1n) is 2.92. The van der Waals surface area contributed by atoms with Gasteiger partial charge in [0, 0.05) is 5.38 Å². The Balaban J connectivity index is 2.94. The third kappa shape index (κ3) is 1.79. The van der Waals surface area contributed by atoms with Crippen LogP contribution in [0, 0.1) is 0 Å². The molecule has 1 aromatic rings. The van der Waals surface area contributed by atoms with Crippen LogP contribution in [0.5, 0.6) is 5.19 Å². The van der Waals surface area contributed by atoms with Crippen LogP contribution in [0.2, 0.25) is 0 Å². The molecule has 0 spiro atoms. The van der Waals surface area contributed by atoms with E-state index in [4.69, 9.17) is 5.11 Å². The van der Waals surface area contributed by atoms with Crippen LogP contribution in [0.4, 0.5) is 0 Å². The van der Waals surface area contributed by atoms with Crippen molar-refractivity contribution in [2.75, 3.05) is 7.11 Å². The van der Waals surface area contributed by atoms with Crippen LogP contribution in [-0.4, -0.2) is 29.2 Å². The van der Waals surface area contributed by atoms with Crippen LogP contribution in [0.3, 0.4) is 0 Å². The van der Waals surface area contributed by atoms with Crippen molar-refractivity contribution < 1.29 is 14.7 Å². The molecule has 1 rings (SSSR count). The fourth-order valence-corrected chi connectivity index (χ4v) is 1.11. The van der Waals surface area contributed by atoms with Gasteiger partial charge in [-0.05, 0) is 0 Å². The summed E-state index contributed by atoms with van der Waals surface area (Å²) in [5, 5.41) is 13.6. The molecular formula is C6H5N2O3S. The molecule has 63 valence electrons. The molecule has 5 nitrogen and oxygen atoms in total. The SMILES string of the molecule is CO/N=C(\[C]=O)c1csc(O)n1. The molecule has 0 bridgehead atoms. The minimum Gasteiger partial charge on any atom is -0.486 e. The number of aromatic hydroxyl groups is 1. The molecule has 1 radical (unpaired) electrons. The van der Waals surface area contributed by atoms with Gasteiger partial charge in [0.1, 0.15) is 12.8 Å². The van der Waals surface area contributed by atoms with Gasteiger partial charge in [-0.2, -0.15) is 0 Å². The second-order valence-corrected chi connectivity index (χ2v) is 2.58. The Bertz CT molecular complexity index is 307. The zero-order valence-electron chi connectivity index (χ0n) is 6.14. The van der Waals surface area contributed by atoms with E-state index in [1.54, 1.807) is 6.29 Å². The van der Waals surface area contributed by atoms with Gasteiger partial charge in [0.2, 0.25) is 0 Å². The average molecular weight is 185 g/mol. The molecule has 1 N–H and O–H groups in total. The Morgan fingerprint density at radius 1 is 1.92 bits per heavy atom. The lowest BCUT2D eigenvalue weighted by Gasteiger charge is -1.89. The summed E-state index contributed by atoms with van der Waals surface area (Å²) in [6.07, 6.45) is 1.54. The second-order valence-electron chi connectivity index (χ2n) is 1.74. The van der Waals surface area contributed by atoms with Gasteiger partial charge in [0.05, 0.1) is 0 Å². The van der Waals surface area contributed by atoms with Crippen molar-refractivity contribution in [3.8, 4) is 5.19 Å². The molecule has 0 aromatic carbocycles. The van der Waals surface area contributed by atoms with Gasteiger partial charge in [-0.15, -0.1) is 0 Å². The molecule has 1 aromatic heterocycles. The van der Waals surface area contributed by atoms with E-state index in [0.717, 1.165) is 11.3 Å². The van der Waals surface area contributed by atoms with Crippen molar-refractivity contribution in [3.63, 3.8) is 0 Å². The van der Waals surface area contributed by atoms with Gasteiger partial charge in [0.15, 0.2) is 5.71 Å². The standard InChI is InChI=1S/C6H5N2O3S/c1-11-8-4(2-9)5-3-12-6(10)7-5/h3H,1H3,(H,7,10)/b8-4+. The monoisotopic (exact) mass is 185 g/mol. The maximum absolute atomic E-state index is 10.3. The fourth-order valence-electron chi connectivity index (χ4n) is 0.582. The molecule has 12 heavy (non-hydrogen) atoms. The number of rotatable bonds is 3. The van der Waals surface area contributed by atoms with Crippen LogP contribution in [0.1, 0.15) is 5.69 Å². The van der Waals surface area contributed by atoms with E-state index in [1.807, 2.05) is 0 Å². The predicted molar refractivity (Wildman–Crippen MR) is 43.0 cm³/mol. The molecule has 0 saturated heterocycles.